The van der Waals surface area contributed by atoms with E-state index in [4.69, 9.17) is 0 Å². The molecule has 86 valence electrons. The molecule has 0 radical (unpaired) electrons. The second-order valence-electron chi connectivity index (χ2n) is 3.68. The largest absolute Gasteiger partial charge is 0.469 e. The van der Waals surface area contributed by atoms with Gasteiger partial charge in [-0.25, -0.2) is 0 Å². The Labute approximate surface area is 94.6 Å². The van der Waals surface area contributed by atoms with Crippen LogP contribution in [0.3, 0.4) is 0 Å². The lowest BCUT2D eigenvalue weighted by molar-refractivity contribution is -0.142. The van der Waals surface area contributed by atoms with Gasteiger partial charge in [-0.1, -0.05) is 6.07 Å². The van der Waals surface area contributed by atoms with Gasteiger partial charge in [-0.3, -0.25) is 9.59 Å². The predicted molar refractivity (Wildman–Crippen MR) is 61.2 cm³/mol. The molecule has 0 atom stereocenters. The molecule has 16 heavy (non-hydrogen) atoms. The Morgan fingerprint density at radius 2 is 1.75 bits per heavy atom. The lowest BCUT2D eigenvalue weighted by Crippen LogP contribution is -2.17. The van der Waals surface area contributed by atoms with Gasteiger partial charge in [0.05, 0.1) is 7.11 Å². The molecule has 0 unspecified atom stereocenters. The highest BCUT2D eigenvalue weighted by Gasteiger charge is 2.09. The number of methoxy groups -OCH3 is 1. The Bertz CT molecular complexity index is 392. The summed E-state index contributed by atoms with van der Waals surface area (Å²) in [5, 5.41) is 2.65. The topological polar surface area (TPSA) is 55.4 Å². The number of rotatable bonds is 3. The SMILES string of the molecule is COC(=O)CC(=O)Nc1cc(C)cc(C)c1. The molecule has 0 heterocycles. The zero-order valence-electron chi connectivity index (χ0n) is 9.66. The molecule has 0 aromatic heterocycles. The summed E-state index contributed by atoms with van der Waals surface area (Å²) in [7, 11) is 1.26. The number of ether oxygens (including phenoxy) is 1. The van der Waals surface area contributed by atoms with E-state index in [2.05, 4.69) is 10.1 Å². The summed E-state index contributed by atoms with van der Waals surface area (Å²) in [5.74, 6) is -0.904. The fourth-order valence-electron chi connectivity index (χ4n) is 1.46. The number of benzene rings is 1. The van der Waals surface area contributed by atoms with Crippen LogP contribution in [0.25, 0.3) is 0 Å². The molecular weight excluding hydrogens is 206 g/mol. The van der Waals surface area contributed by atoms with Crippen molar-refractivity contribution in [2.24, 2.45) is 0 Å². The van der Waals surface area contributed by atoms with Gasteiger partial charge in [-0.05, 0) is 37.1 Å². The summed E-state index contributed by atoms with van der Waals surface area (Å²) in [4.78, 5) is 22.3. The third kappa shape index (κ3) is 3.73. The average Bonchev–Trinajstić information content (AvgIpc) is 2.15. The lowest BCUT2D eigenvalue weighted by Gasteiger charge is -2.06. The molecule has 0 fully saturated rings. The van der Waals surface area contributed by atoms with Crippen LogP contribution in [-0.2, 0) is 14.3 Å². The molecule has 1 amide bonds. The highest BCUT2D eigenvalue weighted by Crippen LogP contribution is 2.13. The van der Waals surface area contributed by atoms with Gasteiger partial charge >= 0.3 is 5.97 Å². The standard InChI is InChI=1S/C12H15NO3/c1-8-4-9(2)6-10(5-8)13-11(14)7-12(15)16-3/h4-6H,7H2,1-3H3,(H,13,14). The molecule has 0 bridgehead atoms. The van der Waals surface area contributed by atoms with E-state index in [0.717, 1.165) is 11.1 Å². The number of amides is 1. The van der Waals surface area contributed by atoms with E-state index in [9.17, 15) is 9.59 Å². The first kappa shape index (κ1) is 12.2. The van der Waals surface area contributed by atoms with Gasteiger partial charge in [0.1, 0.15) is 6.42 Å². The summed E-state index contributed by atoms with van der Waals surface area (Å²) < 4.78 is 4.41. The first-order chi connectivity index (χ1) is 7.51. The van der Waals surface area contributed by atoms with Crippen LogP contribution in [0.2, 0.25) is 0 Å². The monoisotopic (exact) mass is 221 g/mol. The number of carbonyl (C=O) groups excluding carboxylic acids is 2. The van der Waals surface area contributed by atoms with Gasteiger partial charge < -0.3 is 10.1 Å². The summed E-state index contributed by atoms with van der Waals surface area (Å²) in [6, 6.07) is 5.71. The van der Waals surface area contributed by atoms with Crippen molar-refractivity contribution < 1.29 is 14.3 Å². The summed E-state index contributed by atoms with van der Waals surface area (Å²) in [5.41, 5.74) is 2.83. The Morgan fingerprint density at radius 3 is 2.25 bits per heavy atom. The van der Waals surface area contributed by atoms with Crippen LogP contribution in [0.5, 0.6) is 0 Å². The van der Waals surface area contributed by atoms with E-state index in [-0.39, 0.29) is 12.3 Å². The Hall–Kier alpha value is -1.84. The average molecular weight is 221 g/mol. The molecule has 1 aromatic rings. The molecule has 0 saturated carbocycles. The van der Waals surface area contributed by atoms with Gasteiger partial charge in [-0.15, -0.1) is 0 Å². The van der Waals surface area contributed by atoms with Crippen LogP contribution < -0.4 is 5.32 Å². The van der Waals surface area contributed by atoms with Crippen molar-refractivity contribution in [2.75, 3.05) is 12.4 Å². The van der Waals surface area contributed by atoms with E-state index in [0.29, 0.717) is 5.69 Å². The Kier molecular flexibility index (Phi) is 4.05. The Balaban J connectivity index is 2.66. The molecule has 0 aliphatic carbocycles. The summed E-state index contributed by atoms with van der Waals surface area (Å²) >= 11 is 0. The van der Waals surface area contributed by atoms with Crippen molar-refractivity contribution in [1.82, 2.24) is 0 Å². The maximum absolute atomic E-state index is 11.4. The number of nitrogens with one attached hydrogen (secondary N) is 1. The third-order valence-corrected chi connectivity index (χ3v) is 2.04. The number of hydrogen-bond donors (Lipinski definition) is 1. The van der Waals surface area contributed by atoms with E-state index >= 15 is 0 Å². The first-order valence-corrected chi connectivity index (χ1v) is 4.96. The fourth-order valence-corrected chi connectivity index (χ4v) is 1.46. The highest BCUT2D eigenvalue weighted by molar-refractivity contribution is 6.01. The summed E-state index contributed by atoms with van der Waals surface area (Å²) in [6.07, 6.45) is -0.260. The number of aryl methyl sites for hydroxylation is 2. The van der Waals surface area contributed by atoms with Gasteiger partial charge in [0.2, 0.25) is 5.91 Å². The molecule has 4 nitrogen and oxygen atoms in total. The van der Waals surface area contributed by atoms with E-state index in [1.165, 1.54) is 7.11 Å². The molecule has 0 aliphatic rings. The number of esters is 1. The second kappa shape index (κ2) is 5.30. The van der Waals surface area contributed by atoms with E-state index < -0.39 is 5.97 Å². The summed E-state index contributed by atoms with van der Waals surface area (Å²) in [6.45, 7) is 3.89. The highest BCUT2D eigenvalue weighted by atomic mass is 16.5. The van der Waals surface area contributed by atoms with Gasteiger partial charge in [0.25, 0.3) is 0 Å². The van der Waals surface area contributed by atoms with Crippen molar-refractivity contribution in [2.45, 2.75) is 20.3 Å². The molecule has 1 N–H and O–H groups in total. The first-order valence-electron chi connectivity index (χ1n) is 4.96. The van der Waals surface area contributed by atoms with Gasteiger partial charge in [0.15, 0.2) is 0 Å². The van der Waals surface area contributed by atoms with Crippen LogP contribution in [0, 0.1) is 13.8 Å². The number of anilines is 1. The lowest BCUT2D eigenvalue weighted by atomic mass is 10.1. The van der Waals surface area contributed by atoms with Crippen molar-refractivity contribution in [3.05, 3.63) is 29.3 Å². The molecule has 4 heteroatoms. The normalized spacial score (nSPS) is 9.69. The predicted octanol–water partition coefficient (Wildman–Crippen LogP) is 1.81. The maximum Gasteiger partial charge on any atom is 0.315 e. The van der Waals surface area contributed by atoms with Crippen molar-refractivity contribution >= 4 is 17.6 Å². The second-order valence-corrected chi connectivity index (χ2v) is 3.68. The zero-order chi connectivity index (χ0) is 12.1. The van der Waals surface area contributed by atoms with Crippen LogP contribution in [0.4, 0.5) is 5.69 Å². The molecule has 1 aromatic carbocycles. The maximum atomic E-state index is 11.4. The third-order valence-electron chi connectivity index (χ3n) is 2.04. The fraction of sp³-hybridized carbons (Fsp3) is 0.333. The molecule has 0 saturated heterocycles. The molecular formula is C12H15NO3. The van der Waals surface area contributed by atoms with Crippen LogP contribution in [0.15, 0.2) is 18.2 Å². The van der Waals surface area contributed by atoms with Crippen molar-refractivity contribution in [1.29, 1.82) is 0 Å². The molecule has 1 rings (SSSR count). The van der Waals surface area contributed by atoms with Gasteiger partial charge in [0, 0.05) is 5.69 Å². The Morgan fingerprint density at radius 1 is 1.19 bits per heavy atom. The minimum Gasteiger partial charge on any atom is -0.469 e. The van der Waals surface area contributed by atoms with Crippen molar-refractivity contribution in [3.63, 3.8) is 0 Å². The van der Waals surface area contributed by atoms with Crippen LogP contribution >= 0.6 is 0 Å². The van der Waals surface area contributed by atoms with E-state index in [1.54, 1.807) is 0 Å². The quantitative estimate of drug-likeness (QED) is 0.625. The van der Waals surface area contributed by atoms with Crippen LogP contribution in [-0.4, -0.2) is 19.0 Å². The zero-order valence-corrected chi connectivity index (χ0v) is 9.66. The minimum absolute atomic E-state index is 0.260. The molecule has 0 aliphatic heterocycles. The molecule has 0 spiro atoms. The van der Waals surface area contributed by atoms with Crippen LogP contribution in [0.1, 0.15) is 17.5 Å². The van der Waals surface area contributed by atoms with Crippen molar-refractivity contribution in [3.8, 4) is 0 Å². The number of carbonyl (C=O) groups is 2. The smallest absolute Gasteiger partial charge is 0.315 e. The minimum atomic E-state index is -0.540. The number of hydrogen-bond acceptors (Lipinski definition) is 3. The van der Waals surface area contributed by atoms with Gasteiger partial charge in [-0.2, -0.15) is 0 Å². The van der Waals surface area contributed by atoms with E-state index in [1.807, 2.05) is 32.0 Å².